The van der Waals surface area contributed by atoms with E-state index >= 15 is 0 Å². The number of nitrogens with one attached hydrogen (secondary N) is 2. The van der Waals surface area contributed by atoms with Crippen LogP contribution in [0.4, 0.5) is 11.6 Å². The maximum Gasteiger partial charge on any atom is 0.135 e. The first kappa shape index (κ1) is 16.7. The summed E-state index contributed by atoms with van der Waals surface area (Å²) in [6, 6.07) is 0.318. The van der Waals surface area contributed by atoms with E-state index in [2.05, 4.69) is 48.3 Å². The second-order valence-corrected chi connectivity index (χ2v) is 5.42. The Hall–Kier alpha value is -1.36. The Morgan fingerprint density at radius 2 is 1.80 bits per heavy atom. The normalized spacial score (nSPS) is 12.6. The summed E-state index contributed by atoms with van der Waals surface area (Å²) < 4.78 is 5.12. The van der Waals surface area contributed by atoms with Crippen LogP contribution in [0.25, 0.3) is 0 Å². The van der Waals surface area contributed by atoms with Crippen molar-refractivity contribution in [2.75, 3.05) is 30.9 Å². The third-order valence-electron chi connectivity index (χ3n) is 3.16. The SMILES string of the molecule is CCNc1nc(C(C)C)nc(NC(C)CCOC)c1C. The van der Waals surface area contributed by atoms with Gasteiger partial charge in [0.1, 0.15) is 17.5 Å². The van der Waals surface area contributed by atoms with E-state index in [1.165, 1.54) is 0 Å². The summed E-state index contributed by atoms with van der Waals surface area (Å²) >= 11 is 0. The molecule has 0 amide bonds. The monoisotopic (exact) mass is 280 g/mol. The number of aromatic nitrogens is 2. The molecule has 1 rings (SSSR count). The average Bonchev–Trinajstić information content (AvgIpc) is 2.40. The zero-order chi connectivity index (χ0) is 15.1. The van der Waals surface area contributed by atoms with Crippen LogP contribution >= 0.6 is 0 Å². The molecule has 1 unspecified atom stereocenters. The van der Waals surface area contributed by atoms with Crippen molar-refractivity contribution in [2.24, 2.45) is 0 Å². The maximum absolute atomic E-state index is 5.12. The van der Waals surface area contributed by atoms with Crippen molar-refractivity contribution in [3.8, 4) is 0 Å². The fraction of sp³-hybridized carbons (Fsp3) is 0.733. The number of rotatable bonds is 8. The molecule has 2 N–H and O–H groups in total. The molecular weight excluding hydrogens is 252 g/mol. The van der Waals surface area contributed by atoms with E-state index in [4.69, 9.17) is 4.74 Å². The van der Waals surface area contributed by atoms with Gasteiger partial charge in [0.15, 0.2) is 0 Å². The van der Waals surface area contributed by atoms with Gasteiger partial charge in [-0.3, -0.25) is 0 Å². The van der Waals surface area contributed by atoms with Crippen LogP contribution in [-0.2, 0) is 4.74 Å². The van der Waals surface area contributed by atoms with Crippen LogP contribution in [0.1, 0.15) is 51.4 Å². The van der Waals surface area contributed by atoms with E-state index in [9.17, 15) is 0 Å². The summed E-state index contributed by atoms with van der Waals surface area (Å²) in [5.41, 5.74) is 1.07. The molecular formula is C15H28N4O. The van der Waals surface area contributed by atoms with Gasteiger partial charge >= 0.3 is 0 Å². The van der Waals surface area contributed by atoms with E-state index in [1.54, 1.807) is 7.11 Å². The van der Waals surface area contributed by atoms with Crippen molar-refractivity contribution in [2.45, 2.75) is 53.0 Å². The molecule has 114 valence electrons. The summed E-state index contributed by atoms with van der Waals surface area (Å²) in [4.78, 5) is 9.26. The number of nitrogens with zero attached hydrogens (tertiary/aromatic N) is 2. The molecule has 0 aliphatic rings. The van der Waals surface area contributed by atoms with Crippen LogP contribution in [0.15, 0.2) is 0 Å². The molecule has 0 saturated carbocycles. The zero-order valence-corrected chi connectivity index (χ0v) is 13.6. The van der Waals surface area contributed by atoms with Crippen LogP contribution in [0.3, 0.4) is 0 Å². The Morgan fingerprint density at radius 3 is 2.35 bits per heavy atom. The third kappa shape index (κ3) is 4.63. The van der Waals surface area contributed by atoms with Gasteiger partial charge in [0.2, 0.25) is 0 Å². The fourth-order valence-electron chi connectivity index (χ4n) is 1.87. The van der Waals surface area contributed by atoms with Gasteiger partial charge in [-0.2, -0.15) is 0 Å². The van der Waals surface area contributed by atoms with Gasteiger partial charge in [-0.15, -0.1) is 0 Å². The van der Waals surface area contributed by atoms with Crippen molar-refractivity contribution >= 4 is 11.6 Å². The third-order valence-corrected chi connectivity index (χ3v) is 3.16. The quantitative estimate of drug-likeness (QED) is 0.766. The lowest BCUT2D eigenvalue weighted by molar-refractivity contribution is 0.191. The molecule has 20 heavy (non-hydrogen) atoms. The molecule has 1 atom stereocenters. The van der Waals surface area contributed by atoms with Crippen LogP contribution in [0.2, 0.25) is 0 Å². The van der Waals surface area contributed by atoms with Crippen LogP contribution < -0.4 is 10.6 Å². The summed E-state index contributed by atoms with van der Waals surface area (Å²) in [6.07, 6.45) is 0.952. The van der Waals surface area contributed by atoms with E-state index < -0.39 is 0 Å². The minimum Gasteiger partial charge on any atom is -0.385 e. The highest BCUT2D eigenvalue weighted by atomic mass is 16.5. The predicted octanol–water partition coefficient (Wildman–Crippen LogP) is 3.18. The first-order chi connectivity index (χ1) is 9.49. The molecule has 1 aromatic heterocycles. The first-order valence-electron chi connectivity index (χ1n) is 7.37. The number of anilines is 2. The molecule has 1 heterocycles. The summed E-state index contributed by atoms with van der Waals surface area (Å²) in [5.74, 6) is 3.02. The maximum atomic E-state index is 5.12. The van der Waals surface area contributed by atoms with Gasteiger partial charge in [-0.25, -0.2) is 9.97 Å². The highest BCUT2D eigenvalue weighted by Crippen LogP contribution is 2.23. The summed E-state index contributed by atoms with van der Waals surface area (Å²) in [5, 5.41) is 6.78. The Bertz CT molecular complexity index is 421. The summed E-state index contributed by atoms with van der Waals surface area (Å²) in [7, 11) is 1.72. The standard InChI is InChI=1S/C15H28N4O/c1-7-16-14-12(5)15(17-11(4)8-9-20-6)19-13(18-14)10(2)3/h10-11H,7-9H2,1-6H3,(H2,16,17,18,19). The fourth-order valence-corrected chi connectivity index (χ4v) is 1.87. The van der Waals surface area contributed by atoms with Gasteiger partial charge < -0.3 is 15.4 Å². The lowest BCUT2D eigenvalue weighted by Gasteiger charge is -2.19. The highest BCUT2D eigenvalue weighted by molar-refractivity contribution is 5.57. The number of hydrogen-bond acceptors (Lipinski definition) is 5. The Morgan fingerprint density at radius 1 is 1.15 bits per heavy atom. The second-order valence-electron chi connectivity index (χ2n) is 5.42. The van der Waals surface area contributed by atoms with Gasteiger partial charge in [0, 0.05) is 37.8 Å². The molecule has 0 spiro atoms. The van der Waals surface area contributed by atoms with Crippen LogP contribution in [0, 0.1) is 6.92 Å². The largest absolute Gasteiger partial charge is 0.385 e. The number of hydrogen-bond donors (Lipinski definition) is 2. The van der Waals surface area contributed by atoms with E-state index in [1.807, 2.05) is 6.92 Å². The molecule has 0 bridgehead atoms. The van der Waals surface area contributed by atoms with Crippen LogP contribution in [0.5, 0.6) is 0 Å². The van der Waals surface area contributed by atoms with Crippen molar-refractivity contribution in [1.29, 1.82) is 0 Å². The van der Waals surface area contributed by atoms with Gasteiger partial charge in [-0.1, -0.05) is 13.8 Å². The average molecular weight is 280 g/mol. The van der Waals surface area contributed by atoms with Crippen molar-refractivity contribution in [1.82, 2.24) is 9.97 Å². The highest BCUT2D eigenvalue weighted by Gasteiger charge is 2.14. The van der Waals surface area contributed by atoms with Crippen LogP contribution in [-0.4, -0.2) is 36.3 Å². The van der Waals surface area contributed by atoms with Gasteiger partial charge in [0.25, 0.3) is 0 Å². The van der Waals surface area contributed by atoms with E-state index in [-0.39, 0.29) is 0 Å². The van der Waals surface area contributed by atoms with Crippen molar-refractivity contribution < 1.29 is 4.74 Å². The van der Waals surface area contributed by atoms with E-state index in [0.717, 1.165) is 42.6 Å². The van der Waals surface area contributed by atoms with Crippen molar-refractivity contribution in [3.63, 3.8) is 0 Å². The lowest BCUT2D eigenvalue weighted by atomic mass is 10.2. The molecule has 5 heteroatoms. The minimum atomic E-state index is 0.308. The van der Waals surface area contributed by atoms with Crippen molar-refractivity contribution in [3.05, 3.63) is 11.4 Å². The summed E-state index contributed by atoms with van der Waals surface area (Å²) in [6.45, 7) is 12.1. The molecule has 5 nitrogen and oxygen atoms in total. The Kier molecular flexibility index (Phi) is 6.71. The molecule has 0 fully saturated rings. The zero-order valence-electron chi connectivity index (χ0n) is 13.6. The molecule has 0 saturated heterocycles. The van der Waals surface area contributed by atoms with E-state index in [0.29, 0.717) is 12.0 Å². The Balaban J connectivity index is 2.97. The molecule has 0 aromatic carbocycles. The molecule has 0 radical (unpaired) electrons. The number of ether oxygens (including phenoxy) is 1. The number of methoxy groups -OCH3 is 1. The molecule has 1 aromatic rings. The lowest BCUT2D eigenvalue weighted by Crippen LogP contribution is -2.20. The first-order valence-corrected chi connectivity index (χ1v) is 7.37. The molecule has 0 aliphatic carbocycles. The molecule has 0 aliphatic heterocycles. The smallest absolute Gasteiger partial charge is 0.135 e. The Labute approximate surface area is 122 Å². The minimum absolute atomic E-state index is 0.308. The van der Waals surface area contributed by atoms with Gasteiger partial charge in [-0.05, 0) is 27.2 Å². The predicted molar refractivity (Wildman–Crippen MR) is 84.6 cm³/mol. The topological polar surface area (TPSA) is 59.1 Å². The second kappa shape index (κ2) is 8.04. The van der Waals surface area contributed by atoms with Gasteiger partial charge in [0.05, 0.1) is 0 Å².